The Hall–Kier alpha value is -1.92. The average molecular weight is 416 g/mol. The van der Waals surface area contributed by atoms with Gasteiger partial charge in [-0.05, 0) is 63.4 Å². The van der Waals surface area contributed by atoms with Crippen LogP contribution in [0.25, 0.3) is 10.1 Å². The van der Waals surface area contributed by atoms with Crippen LogP contribution in [0.1, 0.15) is 68.0 Å². The number of carboxylic acids is 1. The van der Waals surface area contributed by atoms with E-state index >= 15 is 0 Å². The van der Waals surface area contributed by atoms with Crippen LogP contribution < -0.4 is 4.90 Å². The lowest BCUT2D eigenvalue weighted by Crippen LogP contribution is -2.47. The molecule has 5 nitrogen and oxygen atoms in total. The lowest BCUT2D eigenvalue weighted by Gasteiger charge is -2.39. The number of aliphatic hydroxyl groups excluding tert-OH is 1. The quantitative estimate of drug-likeness (QED) is 0.731. The summed E-state index contributed by atoms with van der Waals surface area (Å²) in [4.78, 5) is 28.0. The highest BCUT2D eigenvalue weighted by Crippen LogP contribution is 2.43. The van der Waals surface area contributed by atoms with Crippen LogP contribution in [0.5, 0.6) is 0 Å². The van der Waals surface area contributed by atoms with Crippen LogP contribution in [0.4, 0.5) is 5.69 Å². The van der Waals surface area contributed by atoms with Gasteiger partial charge in [0.25, 0.3) is 0 Å². The molecule has 0 aliphatic heterocycles. The molecular formula is C23H29NO4S. The third-order valence-corrected chi connectivity index (χ3v) is 7.79. The second-order valence-corrected chi connectivity index (χ2v) is 9.76. The summed E-state index contributed by atoms with van der Waals surface area (Å²) in [6, 6.07) is 7.60. The fourth-order valence-electron chi connectivity index (χ4n) is 4.91. The number of aliphatic hydroxyl groups is 1. The maximum absolute atomic E-state index is 13.8. The summed E-state index contributed by atoms with van der Waals surface area (Å²) >= 11 is 1.25. The van der Waals surface area contributed by atoms with Gasteiger partial charge < -0.3 is 15.1 Å². The van der Waals surface area contributed by atoms with Gasteiger partial charge in [0.05, 0.1) is 11.8 Å². The molecule has 1 aromatic heterocycles. The zero-order chi connectivity index (χ0) is 20.5. The molecule has 0 saturated heterocycles. The Morgan fingerprint density at radius 2 is 1.66 bits per heavy atom. The summed E-state index contributed by atoms with van der Waals surface area (Å²) in [7, 11) is 0. The average Bonchev–Trinajstić information content (AvgIpc) is 3.10. The highest BCUT2D eigenvalue weighted by Gasteiger charge is 2.38. The first-order chi connectivity index (χ1) is 14.0. The molecule has 0 radical (unpaired) electrons. The molecule has 4 rings (SSSR count). The molecule has 2 aromatic rings. The number of amides is 1. The van der Waals surface area contributed by atoms with Crippen molar-refractivity contribution in [3.05, 3.63) is 29.1 Å². The van der Waals surface area contributed by atoms with Gasteiger partial charge in [0, 0.05) is 22.0 Å². The van der Waals surface area contributed by atoms with Crippen molar-refractivity contribution in [3.8, 4) is 0 Å². The minimum absolute atomic E-state index is 0.0432. The first-order valence-corrected chi connectivity index (χ1v) is 11.5. The number of benzene rings is 1. The molecule has 0 bridgehead atoms. The Morgan fingerprint density at radius 1 is 1.00 bits per heavy atom. The van der Waals surface area contributed by atoms with Gasteiger partial charge in [0.15, 0.2) is 0 Å². The highest BCUT2D eigenvalue weighted by molar-refractivity contribution is 7.21. The molecule has 1 heterocycles. The van der Waals surface area contributed by atoms with Gasteiger partial charge in [0.1, 0.15) is 4.88 Å². The third-order valence-electron chi connectivity index (χ3n) is 6.64. The molecule has 29 heavy (non-hydrogen) atoms. The topological polar surface area (TPSA) is 77.8 Å². The van der Waals surface area contributed by atoms with E-state index in [1.807, 2.05) is 29.2 Å². The summed E-state index contributed by atoms with van der Waals surface area (Å²) in [6.07, 6.45) is 6.23. The summed E-state index contributed by atoms with van der Waals surface area (Å²) in [5.74, 6) is -0.302. The summed E-state index contributed by atoms with van der Waals surface area (Å²) in [5.41, 5.74) is 0.572. The Labute approximate surface area is 175 Å². The number of carboxylic acid groups (broad SMARTS) is 1. The Morgan fingerprint density at radius 3 is 2.31 bits per heavy atom. The molecule has 2 aliphatic carbocycles. The van der Waals surface area contributed by atoms with Gasteiger partial charge in [-0.1, -0.05) is 25.1 Å². The van der Waals surface area contributed by atoms with Gasteiger partial charge >= 0.3 is 5.97 Å². The maximum Gasteiger partial charge on any atom is 0.348 e. The molecular weight excluding hydrogens is 386 g/mol. The van der Waals surface area contributed by atoms with E-state index in [2.05, 4.69) is 6.92 Å². The van der Waals surface area contributed by atoms with E-state index in [0.29, 0.717) is 37.3 Å². The Balaban J connectivity index is 1.78. The number of fused-ring (bicyclic) bond motifs is 1. The van der Waals surface area contributed by atoms with Crippen molar-refractivity contribution >= 4 is 39.0 Å². The van der Waals surface area contributed by atoms with Gasteiger partial charge in [-0.15, -0.1) is 11.3 Å². The number of carbonyl (C=O) groups is 2. The molecule has 0 spiro atoms. The second-order valence-electron chi connectivity index (χ2n) is 8.71. The van der Waals surface area contributed by atoms with E-state index in [0.717, 1.165) is 35.8 Å². The fourth-order valence-corrected chi connectivity index (χ4v) is 5.94. The second kappa shape index (κ2) is 8.44. The number of hydrogen-bond acceptors (Lipinski definition) is 4. The summed E-state index contributed by atoms with van der Waals surface area (Å²) < 4.78 is 0.894. The number of anilines is 1. The van der Waals surface area contributed by atoms with E-state index in [4.69, 9.17) is 0 Å². The lowest BCUT2D eigenvalue weighted by molar-refractivity contribution is -0.124. The molecule has 2 aliphatic rings. The van der Waals surface area contributed by atoms with E-state index < -0.39 is 5.97 Å². The molecule has 0 atom stereocenters. The van der Waals surface area contributed by atoms with Gasteiger partial charge in [-0.2, -0.15) is 0 Å². The third kappa shape index (κ3) is 4.05. The van der Waals surface area contributed by atoms with Crippen molar-refractivity contribution in [2.75, 3.05) is 4.90 Å². The predicted octanol–water partition coefficient (Wildman–Crippen LogP) is 5.06. The van der Waals surface area contributed by atoms with Gasteiger partial charge in [0.2, 0.25) is 5.91 Å². The minimum Gasteiger partial charge on any atom is -0.477 e. The zero-order valence-electron chi connectivity index (χ0n) is 16.8. The van der Waals surface area contributed by atoms with Crippen molar-refractivity contribution in [1.29, 1.82) is 0 Å². The first-order valence-electron chi connectivity index (χ1n) is 10.7. The monoisotopic (exact) mass is 415 g/mol. The Kier molecular flexibility index (Phi) is 5.93. The van der Waals surface area contributed by atoms with Crippen LogP contribution in [-0.2, 0) is 4.79 Å². The molecule has 2 N–H and O–H groups in total. The minimum atomic E-state index is -0.980. The van der Waals surface area contributed by atoms with Gasteiger partial charge in [-0.25, -0.2) is 4.79 Å². The molecule has 6 heteroatoms. The van der Waals surface area contributed by atoms with Crippen molar-refractivity contribution in [2.45, 2.75) is 70.4 Å². The van der Waals surface area contributed by atoms with Crippen LogP contribution >= 0.6 is 11.3 Å². The molecule has 1 aromatic carbocycles. The molecule has 2 saturated carbocycles. The SMILES string of the molecule is CC1CCC(C(=O)N(c2c(C(=O)O)sc3ccccc23)C2CCC(O)CC2)CC1. The zero-order valence-corrected chi connectivity index (χ0v) is 17.7. The maximum atomic E-state index is 13.8. The summed E-state index contributed by atoms with van der Waals surface area (Å²) in [6.45, 7) is 2.23. The molecule has 0 unspecified atom stereocenters. The van der Waals surface area contributed by atoms with E-state index in [1.54, 1.807) is 0 Å². The standard InChI is InChI=1S/C23H29NO4S/c1-14-6-8-15(9-7-14)22(26)24(16-10-12-17(25)13-11-16)20-18-4-2-3-5-19(18)29-21(20)23(27)28/h2-5,14-17,25H,6-13H2,1H3,(H,27,28). The van der Waals surface area contributed by atoms with Crippen LogP contribution in [0, 0.1) is 11.8 Å². The smallest absolute Gasteiger partial charge is 0.348 e. The molecule has 156 valence electrons. The lowest BCUT2D eigenvalue weighted by atomic mass is 9.81. The highest BCUT2D eigenvalue weighted by atomic mass is 32.1. The molecule has 2 fully saturated rings. The number of aromatic carboxylic acids is 1. The van der Waals surface area contributed by atoms with E-state index in [9.17, 15) is 19.8 Å². The predicted molar refractivity (Wildman–Crippen MR) is 116 cm³/mol. The number of nitrogens with zero attached hydrogens (tertiary/aromatic N) is 1. The number of hydrogen-bond donors (Lipinski definition) is 2. The normalized spacial score (nSPS) is 27.7. The largest absolute Gasteiger partial charge is 0.477 e. The van der Waals surface area contributed by atoms with Crippen molar-refractivity contribution < 1.29 is 19.8 Å². The fraction of sp³-hybridized carbons (Fsp3) is 0.565. The van der Waals surface area contributed by atoms with Crippen molar-refractivity contribution in [1.82, 2.24) is 0 Å². The van der Waals surface area contributed by atoms with E-state index in [1.165, 1.54) is 11.3 Å². The number of carbonyl (C=O) groups excluding carboxylic acids is 1. The van der Waals surface area contributed by atoms with Crippen molar-refractivity contribution in [2.24, 2.45) is 11.8 Å². The number of thiophene rings is 1. The van der Waals surface area contributed by atoms with Crippen LogP contribution in [0.3, 0.4) is 0 Å². The first kappa shape index (κ1) is 20.4. The van der Waals surface area contributed by atoms with Crippen LogP contribution in [0.2, 0.25) is 0 Å². The Bertz CT molecular complexity index is 891. The number of rotatable bonds is 4. The summed E-state index contributed by atoms with van der Waals surface area (Å²) in [5, 5.41) is 20.7. The van der Waals surface area contributed by atoms with Crippen LogP contribution in [0.15, 0.2) is 24.3 Å². The van der Waals surface area contributed by atoms with Crippen LogP contribution in [-0.4, -0.2) is 34.2 Å². The molecule has 1 amide bonds. The van der Waals surface area contributed by atoms with Gasteiger partial charge in [-0.3, -0.25) is 4.79 Å². The van der Waals surface area contributed by atoms with Crippen molar-refractivity contribution in [3.63, 3.8) is 0 Å². The van der Waals surface area contributed by atoms with E-state index in [-0.39, 0.29) is 28.8 Å².